The number of benzene rings is 2. The van der Waals surface area contributed by atoms with E-state index < -0.39 is 36.5 Å². The topological polar surface area (TPSA) is 200 Å². The number of halogens is 3. The summed E-state index contributed by atoms with van der Waals surface area (Å²) in [7, 11) is 1.53. The van der Waals surface area contributed by atoms with E-state index in [9.17, 15) is 37.1 Å². The number of piperidine rings is 1. The number of carbonyl (C=O) groups is 6. The Morgan fingerprint density at radius 2 is 1.45 bits per heavy atom. The summed E-state index contributed by atoms with van der Waals surface area (Å²) < 4.78 is 38.4. The van der Waals surface area contributed by atoms with E-state index in [-0.39, 0.29) is 42.7 Å². The van der Waals surface area contributed by atoms with Gasteiger partial charge in [0.25, 0.3) is 11.8 Å². The first-order valence-electron chi connectivity index (χ1n) is 14.8. The molecule has 2 aliphatic rings. The molecule has 3 heterocycles. The summed E-state index contributed by atoms with van der Waals surface area (Å²) in [5.41, 5.74) is 2.43. The summed E-state index contributed by atoms with van der Waals surface area (Å²) in [5, 5.41) is 24.9. The molecule has 2 aromatic carbocycles. The van der Waals surface area contributed by atoms with Gasteiger partial charge in [0, 0.05) is 36.4 Å². The van der Waals surface area contributed by atoms with E-state index in [0.29, 0.717) is 35.7 Å². The molecule has 4 N–H and O–H groups in total. The maximum atomic E-state index is 13.9. The molecule has 260 valence electrons. The third kappa shape index (κ3) is 8.78. The minimum atomic E-state index is -5.08. The molecule has 5 rings (SSSR count). The lowest BCUT2D eigenvalue weighted by atomic mass is 10.0. The highest BCUT2D eigenvalue weighted by atomic mass is 19.4. The number of alkyl halides is 3. The van der Waals surface area contributed by atoms with Gasteiger partial charge < -0.3 is 24.7 Å². The van der Waals surface area contributed by atoms with Crippen LogP contribution in [0.15, 0.2) is 48.5 Å². The Labute approximate surface area is 276 Å². The van der Waals surface area contributed by atoms with Gasteiger partial charge in [-0.3, -0.25) is 34.6 Å². The van der Waals surface area contributed by atoms with Crippen molar-refractivity contribution in [1.82, 2.24) is 20.4 Å². The number of methoxy groups -OCH3 is 1. The number of aromatic nitrogens is 2. The van der Waals surface area contributed by atoms with Crippen molar-refractivity contribution in [2.75, 3.05) is 43.1 Å². The van der Waals surface area contributed by atoms with Crippen LogP contribution in [0.2, 0.25) is 0 Å². The molecule has 4 amide bonds. The van der Waals surface area contributed by atoms with Crippen LogP contribution in [0.3, 0.4) is 0 Å². The zero-order valence-electron chi connectivity index (χ0n) is 26.0. The molecule has 15 nitrogen and oxygen atoms in total. The largest absolute Gasteiger partial charge is 0.497 e. The number of carboxylic acids is 2. The fourth-order valence-electron chi connectivity index (χ4n) is 5.10. The lowest BCUT2D eigenvalue weighted by molar-refractivity contribution is -0.192. The summed E-state index contributed by atoms with van der Waals surface area (Å²) in [4.78, 5) is 74.6. The molecule has 0 bridgehead atoms. The molecular weight excluding hydrogens is 657 g/mol. The Bertz CT molecular complexity index is 1740. The predicted molar refractivity (Wildman–Crippen MR) is 165 cm³/mol. The minimum Gasteiger partial charge on any atom is -0.497 e. The van der Waals surface area contributed by atoms with E-state index in [1.165, 1.54) is 11.8 Å². The van der Waals surface area contributed by atoms with Crippen LogP contribution >= 0.6 is 0 Å². The Hall–Kier alpha value is -5.78. The monoisotopic (exact) mass is 688 g/mol. The second-order valence-corrected chi connectivity index (χ2v) is 10.7. The summed E-state index contributed by atoms with van der Waals surface area (Å²) in [6.45, 7) is 0.0959. The Morgan fingerprint density at radius 1 is 0.857 bits per heavy atom. The lowest BCUT2D eigenvalue weighted by Crippen LogP contribution is -2.41. The van der Waals surface area contributed by atoms with Gasteiger partial charge in [-0.05, 0) is 67.8 Å². The van der Waals surface area contributed by atoms with Crippen LogP contribution < -0.4 is 25.2 Å². The normalized spacial score (nSPS) is 14.4. The maximum absolute atomic E-state index is 13.9. The number of aliphatic carboxylic acids is 2. The standard InChI is InChI=1S/C29H30N6O7.C2HF3O2/c1-42-21-11-9-20(10-12-21)35-27-22(26(32-35)28(40)31-23(36)16-30-17-25(38)39)13-15-34(29(27)41)19-7-5-18(6-8-19)33-14-3-2-4-24(33)37;3-2(4,5)1(6)7/h5-12,30H,2-4,13-17H2,1H3,(H,38,39)(H,31,36,40);(H,6,7). The summed E-state index contributed by atoms with van der Waals surface area (Å²) in [5.74, 6) is -5.13. The zero-order chi connectivity index (χ0) is 35.9. The van der Waals surface area contributed by atoms with Crippen molar-refractivity contribution in [2.24, 2.45) is 0 Å². The average molecular weight is 689 g/mol. The summed E-state index contributed by atoms with van der Waals surface area (Å²) in [6, 6.07) is 14.0. The van der Waals surface area contributed by atoms with E-state index in [1.54, 1.807) is 46.2 Å². The first kappa shape index (κ1) is 36.1. The first-order valence-corrected chi connectivity index (χ1v) is 14.8. The fraction of sp³-hybridized carbons (Fsp3) is 0.323. The molecular formula is C31H31F3N6O9. The van der Waals surface area contributed by atoms with Crippen molar-refractivity contribution < 1.29 is 56.9 Å². The molecule has 49 heavy (non-hydrogen) atoms. The second kappa shape index (κ2) is 15.4. The second-order valence-electron chi connectivity index (χ2n) is 10.7. The molecule has 1 fully saturated rings. The zero-order valence-corrected chi connectivity index (χ0v) is 26.0. The third-order valence-corrected chi connectivity index (χ3v) is 7.40. The van der Waals surface area contributed by atoms with Crippen molar-refractivity contribution in [3.8, 4) is 11.4 Å². The van der Waals surface area contributed by atoms with E-state index in [1.807, 2.05) is 12.1 Å². The number of anilines is 2. The van der Waals surface area contributed by atoms with Crippen LogP contribution in [-0.4, -0.2) is 95.0 Å². The molecule has 0 unspecified atom stereocenters. The van der Waals surface area contributed by atoms with Gasteiger partial charge >= 0.3 is 18.1 Å². The smallest absolute Gasteiger partial charge is 0.490 e. The number of hydrogen-bond acceptors (Lipinski definition) is 9. The van der Waals surface area contributed by atoms with Crippen LogP contribution in [0.1, 0.15) is 45.8 Å². The molecule has 18 heteroatoms. The highest BCUT2D eigenvalue weighted by Crippen LogP contribution is 2.31. The number of imide groups is 1. The summed E-state index contributed by atoms with van der Waals surface area (Å²) in [6.07, 6.45) is -2.45. The predicted octanol–water partition coefficient (Wildman–Crippen LogP) is 2.16. The van der Waals surface area contributed by atoms with Crippen molar-refractivity contribution in [2.45, 2.75) is 31.9 Å². The van der Waals surface area contributed by atoms with Crippen LogP contribution in [0.25, 0.3) is 5.69 Å². The SMILES string of the molecule is COc1ccc(-n2nc(C(=O)NC(=O)CNCC(=O)O)c3c2C(=O)N(c2ccc(N4CCCCC4=O)cc2)CC3)cc1.O=C(O)C(F)(F)F. The van der Waals surface area contributed by atoms with Gasteiger partial charge in [0.15, 0.2) is 5.69 Å². The van der Waals surface area contributed by atoms with Gasteiger partial charge in [0.1, 0.15) is 11.4 Å². The maximum Gasteiger partial charge on any atom is 0.490 e. The van der Waals surface area contributed by atoms with Gasteiger partial charge in [0.2, 0.25) is 11.8 Å². The third-order valence-electron chi connectivity index (χ3n) is 7.40. The number of fused-ring (bicyclic) bond motifs is 1. The van der Waals surface area contributed by atoms with Gasteiger partial charge in [-0.2, -0.15) is 18.3 Å². The Morgan fingerprint density at radius 3 is 2.00 bits per heavy atom. The Kier molecular flexibility index (Phi) is 11.3. The van der Waals surface area contributed by atoms with E-state index >= 15 is 0 Å². The van der Waals surface area contributed by atoms with Crippen molar-refractivity contribution in [1.29, 1.82) is 0 Å². The number of rotatable bonds is 9. The molecule has 1 saturated heterocycles. The van der Waals surface area contributed by atoms with Crippen LogP contribution in [0.4, 0.5) is 24.5 Å². The van der Waals surface area contributed by atoms with Crippen molar-refractivity contribution in [3.05, 3.63) is 65.5 Å². The number of ether oxygens (including phenoxy) is 1. The quantitative estimate of drug-likeness (QED) is 0.257. The molecule has 0 saturated carbocycles. The number of nitrogens with zero attached hydrogens (tertiary/aromatic N) is 4. The number of hydrogen-bond donors (Lipinski definition) is 4. The average Bonchev–Trinajstić information content (AvgIpc) is 3.46. The number of amides is 4. The molecule has 0 spiro atoms. The fourth-order valence-corrected chi connectivity index (χ4v) is 5.10. The van der Waals surface area contributed by atoms with E-state index in [0.717, 1.165) is 18.5 Å². The van der Waals surface area contributed by atoms with Crippen LogP contribution in [-0.2, 0) is 25.6 Å². The summed E-state index contributed by atoms with van der Waals surface area (Å²) >= 11 is 0. The number of carboxylic acid groups (broad SMARTS) is 2. The van der Waals surface area contributed by atoms with Crippen molar-refractivity contribution >= 4 is 46.9 Å². The number of nitrogens with one attached hydrogen (secondary N) is 2. The minimum absolute atomic E-state index is 0.0700. The highest BCUT2D eigenvalue weighted by Gasteiger charge is 2.38. The van der Waals surface area contributed by atoms with Gasteiger partial charge in [-0.15, -0.1) is 0 Å². The number of carbonyl (C=O) groups excluding carboxylic acids is 4. The van der Waals surface area contributed by atoms with Gasteiger partial charge in [0.05, 0.1) is 25.9 Å². The molecule has 0 aliphatic carbocycles. The highest BCUT2D eigenvalue weighted by molar-refractivity contribution is 6.11. The van der Waals surface area contributed by atoms with E-state index in [2.05, 4.69) is 15.7 Å². The van der Waals surface area contributed by atoms with Gasteiger partial charge in [-0.1, -0.05) is 0 Å². The lowest BCUT2D eigenvalue weighted by Gasteiger charge is -2.29. The Balaban J connectivity index is 0.000000698. The molecule has 0 radical (unpaired) electrons. The molecule has 2 aliphatic heterocycles. The first-order chi connectivity index (χ1) is 23.2. The molecule has 0 atom stereocenters. The molecule has 1 aromatic heterocycles. The molecule has 3 aromatic rings. The van der Waals surface area contributed by atoms with Gasteiger partial charge in [-0.25, -0.2) is 9.48 Å². The van der Waals surface area contributed by atoms with Crippen LogP contribution in [0.5, 0.6) is 5.75 Å². The van der Waals surface area contributed by atoms with E-state index in [4.69, 9.17) is 19.7 Å². The van der Waals surface area contributed by atoms with Crippen LogP contribution in [0, 0.1) is 0 Å². The van der Waals surface area contributed by atoms with Crippen molar-refractivity contribution in [3.63, 3.8) is 0 Å².